The van der Waals surface area contributed by atoms with Crippen molar-refractivity contribution in [2.45, 2.75) is 25.4 Å². The molecule has 3 N–H and O–H groups in total. The molecule has 5 heteroatoms. The fourth-order valence-electron chi connectivity index (χ4n) is 2.13. The van der Waals surface area contributed by atoms with E-state index in [9.17, 15) is 9.90 Å². The van der Waals surface area contributed by atoms with Gasteiger partial charge in [0.1, 0.15) is 11.4 Å². The van der Waals surface area contributed by atoms with Crippen molar-refractivity contribution in [1.82, 2.24) is 10.6 Å². The van der Waals surface area contributed by atoms with Crippen LogP contribution in [0.4, 0.5) is 4.79 Å². The summed E-state index contributed by atoms with van der Waals surface area (Å²) in [5, 5.41) is 15.6. The number of benzene rings is 1. The zero-order chi connectivity index (χ0) is 15.8. The molecule has 1 heterocycles. The molecule has 5 nitrogen and oxygen atoms in total. The molecule has 0 radical (unpaired) electrons. The van der Waals surface area contributed by atoms with E-state index in [1.165, 1.54) is 11.8 Å². The van der Waals surface area contributed by atoms with E-state index < -0.39 is 5.60 Å². The Hall–Kier alpha value is -2.27. The highest BCUT2D eigenvalue weighted by molar-refractivity contribution is 5.73. The molecule has 2 rings (SSSR count). The van der Waals surface area contributed by atoms with Gasteiger partial charge in [0.25, 0.3) is 0 Å². The topological polar surface area (TPSA) is 74.5 Å². The number of rotatable bonds is 7. The third kappa shape index (κ3) is 4.93. The molecule has 1 atom stereocenters. The molecule has 1 aromatic heterocycles. The van der Waals surface area contributed by atoms with E-state index in [4.69, 9.17) is 4.42 Å². The Labute approximate surface area is 130 Å². The second-order valence-electron chi connectivity index (χ2n) is 5.45. The van der Waals surface area contributed by atoms with Gasteiger partial charge in [-0.2, -0.15) is 0 Å². The van der Waals surface area contributed by atoms with Gasteiger partial charge in [-0.25, -0.2) is 4.79 Å². The van der Waals surface area contributed by atoms with Gasteiger partial charge in [-0.15, -0.1) is 0 Å². The zero-order valence-electron chi connectivity index (χ0n) is 12.7. The first-order valence-electron chi connectivity index (χ1n) is 7.40. The maximum atomic E-state index is 11.7. The monoisotopic (exact) mass is 302 g/mol. The van der Waals surface area contributed by atoms with Gasteiger partial charge in [0.15, 0.2) is 0 Å². The third-order valence-corrected chi connectivity index (χ3v) is 3.42. The number of urea groups is 1. The van der Waals surface area contributed by atoms with E-state index in [0.29, 0.717) is 12.3 Å². The second kappa shape index (κ2) is 7.66. The molecule has 118 valence electrons. The number of amides is 2. The lowest BCUT2D eigenvalue weighted by atomic mass is 10.0. The number of carbonyl (C=O) groups is 1. The summed E-state index contributed by atoms with van der Waals surface area (Å²) in [5.74, 6) is 0.428. The van der Waals surface area contributed by atoms with Crippen LogP contribution < -0.4 is 10.6 Å². The van der Waals surface area contributed by atoms with Crippen LogP contribution in [0.1, 0.15) is 24.7 Å². The number of aryl methyl sites for hydroxylation is 1. The molecular formula is C17H22N2O3. The van der Waals surface area contributed by atoms with Gasteiger partial charge < -0.3 is 20.2 Å². The summed E-state index contributed by atoms with van der Waals surface area (Å²) >= 11 is 0. The fraction of sp³-hybridized carbons (Fsp3) is 0.353. The van der Waals surface area contributed by atoms with Gasteiger partial charge in [-0.3, -0.25) is 0 Å². The third-order valence-electron chi connectivity index (χ3n) is 3.42. The second-order valence-corrected chi connectivity index (χ2v) is 5.45. The summed E-state index contributed by atoms with van der Waals surface area (Å²) < 4.78 is 5.16. The van der Waals surface area contributed by atoms with E-state index in [2.05, 4.69) is 22.8 Å². The average molecular weight is 302 g/mol. The summed E-state index contributed by atoms with van der Waals surface area (Å²) in [6.45, 7) is 2.27. The van der Waals surface area contributed by atoms with Crippen LogP contribution in [0.25, 0.3) is 0 Å². The fourth-order valence-corrected chi connectivity index (χ4v) is 2.13. The standard InChI is InChI=1S/C17H22N2O3/c1-17(21,15-10-6-12-22-15)13-19-16(20)18-11-5-9-14-7-3-2-4-8-14/h2-4,6-8,10,12,21H,5,9,11,13H2,1H3,(H2,18,19,20). The Morgan fingerprint density at radius 1 is 1.18 bits per heavy atom. The van der Waals surface area contributed by atoms with Crippen molar-refractivity contribution < 1.29 is 14.3 Å². The highest BCUT2D eigenvalue weighted by atomic mass is 16.4. The van der Waals surface area contributed by atoms with Crippen LogP contribution in [0.5, 0.6) is 0 Å². The van der Waals surface area contributed by atoms with Gasteiger partial charge in [0.05, 0.1) is 12.8 Å². The SMILES string of the molecule is CC(O)(CNC(=O)NCCCc1ccccc1)c1ccco1. The van der Waals surface area contributed by atoms with Crippen LogP contribution in [0, 0.1) is 0 Å². The molecule has 0 fully saturated rings. The Kier molecular flexibility index (Phi) is 5.61. The van der Waals surface area contributed by atoms with Gasteiger partial charge in [-0.1, -0.05) is 30.3 Å². The van der Waals surface area contributed by atoms with Crippen molar-refractivity contribution in [2.24, 2.45) is 0 Å². The lowest BCUT2D eigenvalue weighted by molar-refractivity contribution is 0.0367. The number of nitrogens with one attached hydrogen (secondary N) is 2. The van der Waals surface area contributed by atoms with Crippen molar-refractivity contribution >= 4 is 6.03 Å². The van der Waals surface area contributed by atoms with E-state index in [0.717, 1.165) is 12.8 Å². The smallest absolute Gasteiger partial charge is 0.314 e. The maximum Gasteiger partial charge on any atom is 0.314 e. The van der Waals surface area contributed by atoms with Crippen molar-refractivity contribution in [3.8, 4) is 0 Å². The minimum Gasteiger partial charge on any atom is -0.466 e. The van der Waals surface area contributed by atoms with Crippen LogP contribution >= 0.6 is 0 Å². The molecule has 0 saturated heterocycles. The average Bonchev–Trinajstić information content (AvgIpc) is 3.06. The molecule has 0 aliphatic carbocycles. The van der Waals surface area contributed by atoms with Gasteiger partial charge in [0, 0.05) is 6.54 Å². The molecule has 2 aromatic rings. The van der Waals surface area contributed by atoms with Crippen LogP contribution in [0.3, 0.4) is 0 Å². The highest BCUT2D eigenvalue weighted by Gasteiger charge is 2.26. The van der Waals surface area contributed by atoms with Crippen LogP contribution in [0.2, 0.25) is 0 Å². The molecule has 0 aliphatic rings. The normalized spacial score (nSPS) is 13.4. The lowest BCUT2D eigenvalue weighted by Gasteiger charge is -2.21. The molecule has 2 amide bonds. The summed E-state index contributed by atoms with van der Waals surface area (Å²) in [6, 6.07) is 13.2. The first-order valence-corrected chi connectivity index (χ1v) is 7.40. The number of hydrogen-bond acceptors (Lipinski definition) is 3. The summed E-state index contributed by atoms with van der Waals surface area (Å²) in [5.41, 5.74) is 0.0377. The molecule has 0 aliphatic heterocycles. The minimum absolute atomic E-state index is 0.0883. The maximum absolute atomic E-state index is 11.7. The number of aliphatic hydroxyl groups is 1. The molecule has 0 saturated carbocycles. The van der Waals surface area contributed by atoms with E-state index in [1.54, 1.807) is 19.1 Å². The molecule has 0 bridgehead atoms. The Morgan fingerprint density at radius 2 is 1.95 bits per heavy atom. The predicted octanol–water partition coefficient (Wildman–Crippen LogP) is 2.42. The molecule has 0 spiro atoms. The van der Waals surface area contributed by atoms with Gasteiger partial charge in [-0.05, 0) is 37.5 Å². The molecule has 1 unspecified atom stereocenters. The molecular weight excluding hydrogens is 280 g/mol. The lowest BCUT2D eigenvalue weighted by Crippen LogP contribution is -2.43. The quantitative estimate of drug-likeness (QED) is 0.688. The van der Waals surface area contributed by atoms with Crippen molar-refractivity contribution in [1.29, 1.82) is 0 Å². The van der Waals surface area contributed by atoms with Crippen LogP contribution in [-0.2, 0) is 12.0 Å². The van der Waals surface area contributed by atoms with E-state index in [-0.39, 0.29) is 12.6 Å². The first-order chi connectivity index (χ1) is 10.6. The summed E-state index contributed by atoms with van der Waals surface area (Å²) in [6.07, 6.45) is 3.28. The molecule has 1 aromatic carbocycles. The van der Waals surface area contributed by atoms with Crippen LogP contribution in [-0.4, -0.2) is 24.2 Å². The first kappa shape index (κ1) is 16.1. The largest absolute Gasteiger partial charge is 0.466 e. The Bertz CT molecular complexity index is 565. The van der Waals surface area contributed by atoms with Gasteiger partial charge >= 0.3 is 6.03 Å². The summed E-state index contributed by atoms with van der Waals surface area (Å²) in [7, 11) is 0. The van der Waals surface area contributed by atoms with E-state index >= 15 is 0 Å². The zero-order valence-corrected chi connectivity index (χ0v) is 12.7. The molecule has 22 heavy (non-hydrogen) atoms. The van der Waals surface area contributed by atoms with Crippen molar-refractivity contribution in [2.75, 3.05) is 13.1 Å². The summed E-state index contributed by atoms with van der Waals surface area (Å²) in [4.78, 5) is 11.7. The predicted molar refractivity (Wildman–Crippen MR) is 84.4 cm³/mol. The number of furan rings is 1. The van der Waals surface area contributed by atoms with E-state index in [1.807, 2.05) is 18.2 Å². The number of carbonyl (C=O) groups excluding carboxylic acids is 1. The van der Waals surface area contributed by atoms with Crippen molar-refractivity contribution in [3.05, 3.63) is 60.1 Å². The highest BCUT2D eigenvalue weighted by Crippen LogP contribution is 2.19. The number of hydrogen-bond donors (Lipinski definition) is 3. The van der Waals surface area contributed by atoms with Gasteiger partial charge in [0.2, 0.25) is 0 Å². The van der Waals surface area contributed by atoms with Crippen molar-refractivity contribution in [3.63, 3.8) is 0 Å². The Balaban J connectivity index is 1.64. The Morgan fingerprint density at radius 3 is 2.64 bits per heavy atom. The minimum atomic E-state index is -1.22. The van der Waals surface area contributed by atoms with Crippen LogP contribution in [0.15, 0.2) is 53.1 Å².